The van der Waals surface area contributed by atoms with Gasteiger partial charge in [0.1, 0.15) is 11.9 Å². The highest BCUT2D eigenvalue weighted by Gasteiger charge is 2.30. The van der Waals surface area contributed by atoms with Crippen molar-refractivity contribution in [3.63, 3.8) is 0 Å². The molecule has 1 aliphatic heterocycles. The lowest BCUT2D eigenvalue weighted by atomic mass is 10.1. The summed E-state index contributed by atoms with van der Waals surface area (Å²) in [6.07, 6.45) is 1.57. The molecule has 0 spiro atoms. The number of ketones is 1. The highest BCUT2D eigenvalue weighted by molar-refractivity contribution is 6.08. The molecule has 0 radical (unpaired) electrons. The van der Waals surface area contributed by atoms with Gasteiger partial charge in [-0.05, 0) is 12.1 Å². The summed E-state index contributed by atoms with van der Waals surface area (Å²) in [7, 11) is 0. The number of carbonyl (C=O) groups is 2. The van der Waals surface area contributed by atoms with E-state index in [9.17, 15) is 29.8 Å². The Morgan fingerprint density at radius 3 is 1.97 bits per heavy atom. The van der Waals surface area contributed by atoms with E-state index in [1.165, 1.54) is 24.3 Å². The van der Waals surface area contributed by atoms with Gasteiger partial charge in [-0.2, -0.15) is 0 Å². The first-order valence-corrected chi connectivity index (χ1v) is 8.40. The molecule has 1 aliphatic rings. The van der Waals surface area contributed by atoms with E-state index < -0.39 is 33.0 Å². The lowest BCUT2D eigenvalue weighted by Crippen LogP contribution is -2.59. The van der Waals surface area contributed by atoms with Gasteiger partial charge in [-0.15, -0.1) is 0 Å². The molecule has 0 bridgehead atoms. The van der Waals surface area contributed by atoms with Gasteiger partial charge < -0.3 is 0 Å². The summed E-state index contributed by atoms with van der Waals surface area (Å²) in [5.41, 5.74) is 3.46. The molecule has 0 unspecified atom stereocenters. The maximum absolute atomic E-state index is 12.7. The third-order valence-electron chi connectivity index (χ3n) is 3.88. The van der Waals surface area contributed by atoms with Gasteiger partial charge in [-0.25, -0.2) is 20.5 Å². The molecule has 12 nitrogen and oxygen atoms in total. The second kappa shape index (κ2) is 8.62. The van der Waals surface area contributed by atoms with Crippen LogP contribution >= 0.6 is 0 Å². The zero-order chi connectivity index (χ0) is 21.7. The van der Waals surface area contributed by atoms with E-state index in [-0.39, 0.29) is 16.4 Å². The van der Waals surface area contributed by atoms with Gasteiger partial charge >= 0.3 is 0 Å². The number of allylic oxidation sites excluding steroid dienone is 2. The van der Waals surface area contributed by atoms with Crippen LogP contribution in [0.1, 0.15) is 20.7 Å². The molecular formula is C18H14N6O6. The molecule has 2 aromatic rings. The Bertz CT molecular complexity index is 1050. The Morgan fingerprint density at radius 1 is 0.867 bits per heavy atom. The van der Waals surface area contributed by atoms with E-state index in [0.717, 1.165) is 12.3 Å². The van der Waals surface area contributed by atoms with Crippen LogP contribution in [0.2, 0.25) is 0 Å². The quantitative estimate of drug-likeness (QED) is 0.424. The fourth-order valence-electron chi connectivity index (χ4n) is 2.48. The standard InChI is InChI=1S/C18H14N6O6/c25-17(13-7-3-1-4-8-13)16-11-15(22(27)28)12-21(20-23(19-16)24(29)30)18(26)14-9-5-2-6-10-14/h1-12,19-20H. The smallest absolute Gasteiger partial charge is 0.287 e. The number of Topliss-reactive ketones (excluding diaryl/α,β-unsaturated/α-hetero) is 1. The number of amides is 1. The number of hydrogen-bond donors (Lipinski definition) is 2. The monoisotopic (exact) mass is 410 g/mol. The largest absolute Gasteiger partial charge is 0.289 e. The number of carbonyl (C=O) groups excluding carboxylic acids is 2. The summed E-state index contributed by atoms with van der Waals surface area (Å²) in [6, 6.07) is 15.4. The molecule has 2 aromatic carbocycles. The first kappa shape index (κ1) is 20.2. The molecule has 0 aliphatic carbocycles. The molecule has 12 heteroatoms. The van der Waals surface area contributed by atoms with Crippen LogP contribution in [0.15, 0.2) is 84.3 Å². The minimum Gasteiger partial charge on any atom is -0.287 e. The van der Waals surface area contributed by atoms with Crippen LogP contribution in [0.3, 0.4) is 0 Å². The van der Waals surface area contributed by atoms with Crippen molar-refractivity contribution in [2.24, 2.45) is 0 Å². The molecular weight excluding hydrogens is 396 g/mol. The van der Waals surface area contributed by atoms with Gasteiger partial charge in [0.15, 0.2) is 5.03 Å². The van der Waals surface area contributed by atoms with Crippen molar-refractivity contribution in [1.82, 2.24) is 21.2 Å². The first-order valence-electron chi connectivity index (χ1n) is 8.40. The molecule has 30 heavy (non-hydrogen) atoms. The van der Waals surface area contributed by atoms with Crippen molar-refractivity contribution in [2.45, 2.75) is 0 Å². The highest BCUT2D eigenvalue weighted by atomic mass is 16.7. The average molecular weight is 410 g/mol. The zero-order valence-electron chi connectivity index (χ0n) is 15.2. The third-order valence-corrected chi connectivity index (χ3v) is 3.88. The number of nitrogens with one attached hydrogen (secondary N) is 2. The van der Waals surface area contributed by atoms with Crippen molar-refractivity contribution in [3.8, 4) is 0 Å². The van der Waals surface area contributed by atoms with Crippen LogP contribution in [0.5, 0.6) is 0 Å². The molecule has 2 N–H and O–H groups in total. The molecule has 0 aromatic heterocycles. The molecule has 0 saturated heterocycles. The minimum atomic E-state index is -0.970. The highest BCUT2D eigenvalue weighted by Crippen LogP contribution is 2.14. The first-order chi connectivity index (χ1) is 14.4. The van der Waals surface area contributed by atoms with E-state index >= 15 is 0 Å². The predicted octanol–water partition coefficient (Wildman–Crippen LogP) is 1.45. The van der Waals surface area contributed by atoms with Crippen LogP contribution < -0.4 is 11.0 Å². The van der Waals surface area contributed by atoms with Gasteiger partial charge in [0.2, 0.25) is 5.78 Å². The van der Waals surface area contributed by atoms with Crippen LogP contribution in [0.25, 0.3) is 0 Å². The Morgan fingerprint density at radius 2 is 1.43 bits per heavy atom. The van der Waals surface area contributed by atoms with E-state index in [4.69, 9.17) is 0 Å². The lowest BCUT2D eigenvalue weighted by Gasteiger charge is -2.25. The van der Waals surface area contributed by atoms with E-state index in [2.05, 4.69) is 11.0 Å². The number of nitrogens with zero attached hydrogens (tertiary/aromatic N) is 4. The van der Waals surface area contributed by atoms with Gasteiger partial charge in [-0.1, -0.05) is 54.1 Å². The van der Waals surface area contributed by atoms with Crippen LogP contribution in [-0.2, 0) is 0 Å². The number of benzene rings is 2. The van der Waals surface area contributed by atoms with Crippen LogP contribution in [0.4, 0.5) is 0 Å². The Hall–Kier alpha value is -4.58. The third kappa shape index (κ3) is 4.45. The molecule has 1 heterocycles. The Labute approximate surface area is 168 Å². The van der Waals surface area contributed by atoms with Gasteiger partial charge in [0.25, 0.3) is 11.6 Å². The van der Waals surface area contributed by atoms with Gasteiger partial charge in [0, 0.05) is 17.2 Å². The lowest BCUT2D eigenvalue weighted by molar-refractivity contribution is -0.689. The topological polar surface area (TPSA) is 151 Å². The van der Waals surface area contributed by atoms with Crippen molar-refractivity contribution in [1.29, 1.82) is 0 Å². The number of hydrazine groups is 4. The molecule has 152 valence electrons. The summed E-state index contributed by atoms with van der Waals surface area (Å²) in [5.74, 6) is -1.52. The van der Waals surface area contributed by atoms with E-state index in [1.807, 2.05) is 0 Å². The Kier molecular flexibility index (Phi) is 5.79. The second-order valence-electron chi connectivity index (χ2n) is 5.87. The molecule has 0 fully saturated rings. The van der Waals surface area contributed by atoms with Crippen LogP contribution in [0, 0.1) is 20.2 Å². The molecule has 1 amide bonds. The minimum absolute atomic E-state index is 0.123. The van der Waals surface area contributed by atoms with Crippen molar-refractivity contribution in [3.05, 3.63) is 116 Å². The summed E-state index contributed by atoms with van der Waals surface area (Å²) in [5, 5.41) is 22.7. The van der Waals surface area contributed by atoms with Gasteiger partial charge in [0.05, 0.1) is 10.2 Å². The summed E-state index contributed by atoms with van der Waals surface area (Å²) < 4.78 is 0. The molecule has 0 atom stereocenters. The summed E-state index contributed by atoms with van der Waals surface area (Å²) in [6.45, 7) is 0. The maximum Gasteiger partial charge on any atom is 0.289 e. The van der Waals surface area contributed by atoms with Crippen molar-refractivity contribution >= 4 is 11.7 Å². The number of hydrogen-bond acceptors (Lipinski definition) is 8. The zero-order valence-corrected chi connectivity index (χ0v) is 15.2. The molecule has 0 saturated carbocycles. The molecule has 3 rings (SSSR count). The van der Waals surface area contributed by atoms with Crippen LogP contribution in [-0.4, -0.2) is 31.9 Å². The van der Waals surface area contributed by atoms with E-state index in [0.29, 0.717) is 5.01 Å². The fourth-order valence-corrected chi connectivity index (χ4v) is 2.48. The predicted molar refractivity (Wildman–Crippen MR) is 102 cm³/mol. The van der Waals surface area contributed by atoms with Crippen molar-refractivity contribution < 1.29 is 19.5 Å². The maximum atomic E-state index is 12.7. The fraction of sp³-hybridized carbons (Fsp3) is 0. The van der Waals surface area contributed by atoms with Gasteiger partial charge in [-0.3, -0.25) is 19.7 Å². The number of nitro groups is 2. The van der Waals surface area contributed by atoms with E-state index in [1.54, 1.807) is 36.4 Å². The second-order valence-corrected chi connectivity index (χ2v) is 5.87. The summed E-state index contributed by atoms with van der Waals surface area (Å²) >= 11 is 0. The Balaban J connectivity index is 2.06. The number of rotatable bonds is 5. The summed E-state index contributed by atoms with van der Waals surface area (Å²) in [4.78, 5) is 47.4. The average Bonchev–Trinajstić information content (AvgIpc) is 2.73. The van der Waals surface area contributed by atoms with Crippen molar-refractivity contribution in [2.75, 3.05) is 0 Å². The normalized spacial score (nSPS) is 13.9. The SMILES string of the molecule is O=C(C1=CC([N+](=O)[O-])=CN(C(=O)c2ccccc2)NN([N+](=O)[O-])N1)c1ccccc1.